The van der Waals surface area contributed by atoms with Crippen LogP contribution in [-0.4, -0.2) is 35.7 Å². The van der Waals surface area contributed by atoms with Gasteiger partial charge in [0, 0.05) is 13.1 Å². The molecule has 1 aliphatic heterocycles. The van der Waals surface area contributed by atoms with Crippen LogP contribution < -0.4 is 5.32 Å². The molecule has 1 saturated heterocycles. The van der Waals surface area contributed by atoms with Gasteiger partial charge in [0.2, 0.25) is 5.91 Å². The number of benzene rings is 1. The van der Waals surface area contributed by atoms with Crippen molar-refractivity contribution in [3.05, 3.63) is 29.8 Å². The molecule has 2 rings (SSSR count). The van der Waals surface area contributed by atoms with Gasteiger partial charge >= 0.3 is 0 Å². The zero-order valence-electron chi connectivity index (χ0n) is 9.99. The number of anilines is 1. The number of amides is 2. The fourth-order valence-electron chi connectivity index (χ4n) is 2.05. The molecule has 0 bridgehead atoms. The van der Waals surface area contributed by atoms with Gasteiger partial charge in [-0.1, -0.05) is 12.1 Å². The second kappa shape index (κ2) is 5.87. The molecule has 0 aliphatic carbocycles. The molecule has 0 saturated carbocycles. The van der Waals surface area contributed by atoms with Gasteiger partial charge in [-0.3, -0.25) is 9.59 Å². The van der Waals surface area contributed by atoms with Crippen molar-refractivity contribution in [2.24, 2.45) is 0 Å². The number of rotatable bonds is 3. The molecule has 18 heavy (non-hydrogen) atoms. The summed E-state index contributed by atoms with van der Waals surface area (Å²) >= 11 is 5.45. The number of nitrogens with zero attached hydrogens (tertiary/aromatic N) is 1. The lowest BCUT2D eigenvalue weighted by molar-refractivity contribution is -0.113. The van der Waals surface area contributed by atoms with Gasteiger partial charge in [-0.25, -0.2) is 0 Å². The molecule has 1 fully saturated rings. The van der Waals surface area contributed by atoms with Gasteiger partial charge in [-0.2, -0.15) is 0 Å². The van der Waals surface area contributed by atoms with Gasteiger partial charge in [0.25, 0.3) is 5.91 Å². The zero-order valence-corrected chi connectivity index (χ0v) is 10.7. The van der Waals surface area contributed by atoms with E-state index in [-0.39, 0.29) is 17.7 Å². The summed E-state index contributed by atoms with van der Waals surface area (Å²) in [4.78, 5) is 25.4. The van der Waals surface area contributed by atoms with Crippen molar-refractivity contribution in [3.63, 3.8) is 0 Å². The zero-order chi connectivity index (χ0) is 13.0. The van der Waals surface area contributed by atoms with E-state index in [4.69, 9.17) is 11.6 Å². The van der Waals surface area contributed by atoms with Gasteiger partial charge in [0.1, 0.15) is 5.88 Å². The predicted octanol–water partition coefficient (Wildman–Crippen LogP) is 2.10. The van der Waals surface area contributed by atoms with Crippen LogP contribution >= 0.6 is 11.6 Å². The van der Waals surface area contributed by atoms with Crippen LogP contribution in [0, 0.1) is 0 Å². The van der Waals surface area contributed by atoms with E-state index < -0.39 is 0 Å². The SMILES string of the molecule is O=C(CCl)Nc1ccccc1C(=O)N1CCCC1. The fourth-order valence-corrected chi connectivity index (χ4v) is 2.12. The normalized spacial score (nSPS) is 14.6. The predicted molar refractivity (Wildman–Crippen MR) is 70.9 cm³/mol. The minimum Gasteiger partial charge on any atom is -0.339 e. The fraction of sp³-hybridized carbons (Fsp3) is 0.385. The number of para-hydroxylation sites is 1. The second-order valence-corrected chi connectivity index (χ2v) is 4.49. The van der Waals surface area contributed by atoms with Crippen molar-refractivity contribution >= 4 is 29.1 Å². The maximum absolute atomic E-state index is 12.3. The van der Waals surface area contributed by atoms with Crippen molar-refractivity contribution < 1.29 is 9.59 Å². The number of likely N-dealkylation sites (tertiary alicyclic amines) is 1. The monoisotopic (exact) mass is 266 g/mol. The maximum atomic E-state index is 12.3. The summed E-state index contributed by atoms with van der Waals surface area (Å²) in [5.74, 6) is -0.456. The van der Waals surface area contributed by atoms with Crippen LogP contribution in [-0.2, 0) is 4.79 Å². The Labute approximate surface area is 111 Å². The molecule has 0 aromatic heterocycles. The molecule has 4 nitrogen and oxygen atoms in total. The third-order valence-corrected chi connectivity index (χ3v) is 3.19. The molecule has 1 aromatic rings. The number of nitrogens with one attached hydrogen (secondary N) is 1. The number of halogens is 1. The van der Waals surface area contributed by atoms with Crippen LogP contribution in [0.2, 0.25) is 0 Å². The highest BCUT2D eigenvalue weighted by Gasteiger charge is 2.21. The van der Waals surface area contributed by atoms with Gasteiger partial charge in [0.05, 0.1) is 11.3 Å². The average molecular weight is 267 g/mol. The minimum absolute atomic E-state index is 0.0297. The molecule has 1 heterocycles. The van der Waals surface area contributed by atoms with E-state index in [1.807, 2.05) is 4.90 Å². The smallest absolute Gasteiger partial charge is 0.255 e. The second-order valence-electron chi connectivity index (χ2n) is 4.23. The number of carbonyl (C=O) groups excluding carboxylic acids is 2. The van der Waals surface area contributed by atoms with E-state index in [1.165, 1.54) is 0 Å². The molecular weight excluding hydrogens is 252 g/mol. The summed E-state index contributed by atoms with van der Waals surface area (Å²) in [7, 11) is 0. The molecule has 0 spiro atoms. The Morgan fingerprint density at radius 2 is 1.89 bits per heavy atom. The molecule has 5 heteroatoms. The Morgan fingerprint density at radius 3 is 2.56 bits per heavy atom. The van der Waals surface area contributed by atoms with Crippen molar-refractivity contribution in [1.82, 2.24) is 4.90 Å². The van der Waals surface area contributed by atoms with Crippen LogP contribution in [0.3, 0.4) is 0 Å². The van der Waals surface area contributed by atoms with Gasteiger partial charge in [0.15, 0.2) is 0 Å². The lowest BCUT2D eigenvalue weighted by Crippen LogP contribution is -2.28. The molecular formula is C13H15ClN2O2. The largest absolute Gasteiger partial charge is 0.339 e. The summed E-state index contributed by atoms with van der Waals surface area (Å²) in [6, 6.07) is 7.02. The minimum atomic E-state index is -0.307. The highest BCUT2D eigenvalue weighted by Crippen LogP contribution is 2.20. The van der Waals surface area contributed by atoms with Crippen molar-refractivity contribution in [1.29, 1.82) is 0 Å². The van der Waals surface area contributed by atoms with Crippen LogP contribution in [0.25, 0.3) is 0 Å². The number of carbonyl (C=O) groups is 2. The van der Waals surface area contributed by atoms with Crippen LogP contribution in [0.4, 0.5) is 5.69 Å². The van der Waals surface area contributed by atoms with Crippen LogP contribution in [0.15, 0.2) is 24.3 Å². The molecule has 2 amide bonds. The molecule has 1 aliphatic rings. The molecule has 1 N–H and O–H groups in total. The van der Waals surface area contributed by atoms with Gasteiger partial charge in [-0.15, -0.1) is 11.6 Å². The van der Waals surface area contributed by atoms with E-state index in [2.05, 4.69) is 5.32 Å². The number of alkyl halides is 1. The molecule has 0 radical (unpaired) electrons. The summed E-state index contributed by atoms with van der Waals surface area (Å²) in [5, 5.41) is 2.65. The summed E-state index contributed by atoms with van der Waals surface area (Å²) < 4.78 is 0. The number of hydrogen-bond acceptors (Lipinski definition) is 2. The molecule has 0 atom stereocenters. The number of hydrogen-bond donors (Lipinski definition) is 1. The molecule has 96 valence electrons. The standard InChI is InChI=1S/C13H15ClN2O2/c14-9-12(17)15-11-6-2-1-5-10(11)13(18)16-7-3-4-8-16/h1-2,5-6H,3-4,7-9H2,(H,15,17). The molecule has 1 aromatic carbocycles. The summed E-state index contributed by atoms with van der Waals surface area (Å²) in [6.07, 6.45) is 2.09. The molecule has 0 unspecified atom stereocenters. The first kappa shape index (κ1) is 12.9. The quantitative estimate of drug-likeness (QED) is 0.852. The lowest BCUT2D eigenvalue weighted by Gasteiger charge is -2.17. The Hall–Kier alpha value is -1.55. The maximum Gasteiger partial charge on any atom is 0.255 e. The first-order chi connectivity index (χ1) is 8.72. The van der Waals surface area contributed by atoms with E-state index in [9.17, 15) is 9.59 Å². The third kappa shape index (κ3) is 2.82. The van der Waals surface area contributed by atoms with E-state index >= 15 is 0 Å². The first-order valence-electron chi connectivity index (χ1n) is 5.96. The van der Waals surface area contributed by atoms with Crippen LogP contribution in [0.1, 0.15) is 23.2 Å². The lowest BCUT2D eigenvalue weighted by atomic mass is 10.1. The average Bonchev–Trinajstić information content (AvgIpc) is 2.92. The highest BCUT2D eigenvalue weighted by atomic mass is 35.5. The van der Waals surface area contributed by atoms with Gasteiger partial charge in [-0.05, 0) is 25.0 Å². The van der Waals surface area contributed by atoms with E-state index in [0.717, 1.165) is 25.9 Å². The van der Waals surface area contributed by atoms with Gasteiger partial charge < -0.3 is 10.2 Å². The topological polar surface area (TPSA) is 49.4 Å². The third-order valence-electron chi connectivity index (χ3n) is 2.95. The van der Waals surface area contributed by atoms with E-state index in [1.54, 1.807) is 24.3 Å². The summed E-state index contributed by atoms with van der Waals surface area (Å²) in [5.41, 5.74) is 1.05. The van der Waals surface area contributed by atoms with Crippen molar-refractivity contribution in [2.75, 3.05) is 24.3 Å². The Balaban J connectivity index is 2.20. The van der Waals surface area contributed by atoms with E-state index in [0.29, 0.717) is 11.3 Å². The van der Waals surface area contributed by atoms with Crippen molar-refractivity contribution in [2.45, 2.75) is 12.8 Å². The highest BCUT2D eigenvalue weighted by molar-refractivity contribution is 6.29. The Bertz CT molecular complexity index is 456. The summed E-state index contributed by atoms with van der Waals surface area (Å²) in [6.45, 7) is 1.58. The van der Waals surface area contributed by atoms with Crippen molar-refractivity contribution in [3.8, 4) is 0 Å². The Kier molecular flexibility index (Phi) is 4.20. The van der Waals surface area contributed by atoms with Crippen LogP contribution in [0.5, 0.6) is 0 Å². The Morgan fingerprint density at radius 1 is 1.22 bits per heavy atom. The first-order valence-corrected chi connectivity index (χ1v) is 6.50.